The Bertz CT molecular complexity index is 540. The van der Waals surface area contributed by atoms with E-state index < -0.39 is 5.82 Å². The van der Waals surface area contributed by atoms with E-state index in [9.17, 15) is 9.50 Å². The van der Waals surface area contributed by atoms with Crippen molar-refractivity contribution in [3.8, 4) is 5.75 Å². The molecule has 3 N–H and O–H groups in total. The summed E-state index contributed by atoms with van der Waals surface area (Å²) in [4.78, 5) is 4.41. The summed E-state index contributed by atoms with van der Waals surface area (Å²) in [5, 5.41) is 15.6. The van der Waals surface area contributed by atoms with E-state index in [0.717, 1.165) is 32.5 Å². The Kier molecular flexibility index (Phi) is 10.7. The molecule has 142 valence electrons. The summed E-state index contributed by atoms with van der Waals surface area (Å²) >= 11 is 0. The minimum atomic E-state index is -0.631. The fraction of sp³-hybridized carbons (Fsp3) is 0.588. The summed E-state index contributed by atoms with van der Waals surface area (Å²) in [5.74, 6) is -0.302. The Hall–Kier alpha value is -1.13. The molecule has 1 saturated heterocycles. The summed E-state index contributed by atoms with van der Waals surface area (Å²) in [6, 6.07) is 4.29. The zero-order chi connectivity index (χ0) is 17.2. The summed E-state index contributed by atoms with van der Waals surface area (Å²) in [7, 11) is 0. The number of nitrogens with zero attached hydrogens (tertiary/aromatic N) is 1. The van der Waals surface area contributed by atoms with Crippen LogP contribution >= 0.6 is 24.0 Å². The molecule has 2 rings (SSSR count). The van der Waals surface area contributed by atoms with Gasteiger partial charge in [-0.25, -0.2) is 9.38 Å². The number of halogens is 2. The summed E-state index contributed by atoms with van der Waals surface area (Å²) in [6.07, 6.45) is 2.08. The molecule has 1 unspecified atom stereocenters. The SMILES string of the molecule is CCNC(=NCc1ccc(O)c(F)c1)NCCCOC1CCOC1.I. The van der Waals surface area contributed by atoms with E-state index in [4.69, 9.17) is 9.47 Å². The van der Waals surface area contributed by atoms with Crippen molar-refractivity contribution in [3.05, 3.63) is 29.6 Å². The van der Waals surface area contributed by atoms with E-state index in [2.05, 4.69) is 15.6 Å². The molecule has 6 nitrogen and oxygen atoms in total. The van der Waals surface area contributed by atoms with Gasteiger partial charge in [0.1, 0.15) is 0 Å². The van der Waals surface area contributed by atoms with Crippen molar-refractivity contribution < 1.29 is 19.0 Å². The van der Waals surface area contributed by atoms with Crippen LogP contribution in [0.25, 0.3) is 0 Å². The van der Waals surface area contributed by atoms with Crippen LogP contribution in [0.3, 0.4) is 0 Å². The molecule has 0 aliphatic carbocycles. The first-order valence-electron chi connectivity index (χ1n) is 8.38. The third-order valence-corrected chi connectivity index (χ3v) is 3.63. The Morgan fingerprint density at radius 2 is 2.28 bits per heavy atom. The van der Waals surface area contributed by atoms with E-state index in [1.165, 1.54) is 12.1 Å². The number of nitrogens with one attached hydrogen (secondary N) is 2. The van der Waals surface area contributed by atoms with Crippen molar-refractivity contribution in [3.63, 3.8) is 0 Å². The number of hydrogen-bond donors (Lipinski definition) is 3. The predicted molar refractivity (Wildman–Crippen MR) is 106 cm³/mol. The third kappa shape index (κ3) is 8.19. The molecule has 0 bridgehead atoms. The lowest BCUT2D eigenvalue weighted by Crippen LogP contribution is -2.38. The molecule has 1 aliphatic rings. The van der Waals surface area contributed by atoms with Crippen molar-refractivity contribution in [1.29, 1.82) is 0 Å². The number of phenols is 1. The van der Waals surface area contributed by atoms with Crippen molar-refractivity contribution >= 4 is 29.9 Å². The van der Waals surface area contributed by atoms with E-state index in [1.807, 2.05) is 6.92 Å². The maximum atomic E-state index is 13.3. The van der Waals surface area contributed by atoms with Crippen LogP contribution in [0.1, 0.15) is 25.3 Å². The van der Waals surface area contributed by atoms with Crippen LogP contribution in [0.2, 0.25) is 0 Å². The van der Waals surface area contributed by atoms with Gasteiger partial charge in [0, 0.05) is 26.3 Å². The fourth-order valence-corrected chi connectivity index (χ4v) is 2.33. The zero-order valence-corrected chi connectivity index (χ0v) is 16.8. The molecule has 1 aromatic carbocycles. The van der Waals surface area contributed by atoms with Crippen molar-refractivity contribution in [2.45, 2.75) is 32.4 Å². The van der Waals surface area contributed by atoms with Crippen LogP contribution in [0, 0.1) is 5.82 Å². The van der Waals surface area contributed by atoms with E-state index >= 15 is 0 Å². The van der Waals surface area contributed by atoms with E-state index in [-0.39, 0.29) is 35.8 Å². The van der Waals surface area contributed by atoms with Gasteiger partial charge < -0.3 is 25.2 Å². The van der Waals surface area contributed by atoms with Gasteiger partial charge in [0.25, 0.3) is 0 Å². The molecule has 0 aromatic heterocycles. The highest BCUT2D eigenvalue weighted by Gasteiger charge is 2.15. The topological polar surface area (TPSA) is 75.1 Å². The number of ether oxygens (including phenoxy) is 2. The molecule has 0 saturated carbocycles. The lowest BCUT2D eigenvalue weighted by molar-refractivity contribution is 0.0420. The molecular weight excluding hydrogens is 440 g/mol. The average Bonchev–Trinajstić information content (AvgIpc) is 3.08. The van der Waals surface area contributed by atoms with Crippen LogP contribution < -0.4 is 10.6 Å². The molecule has 1 atom stereocenters. The van der Waals surface area contributed by atoms with Crippen LogP contribution in [0.15, 0.2) is 23.2 Å². The van der Waals surface area contributed by atoms with Gasteiger partial charge in [-0.1, -0.05) is 6.07 Å². The van der Waals surface area contributed by atoms with Crippen LogP contribution in [-0.4, -0.2) is 50.1 Å². The van der Waals surface area contributed by atoms with Crippen molar-refractivity contribution in [2.24, 2.45) is 4.99 Å². The largest absolute Gasteiger partial charge is 0.505 e. The smallest absolute Gasteiger partial charge is 0.191 e. The predicted octanol–water partition coefficient (Wildman–Crippen LogP) is 2.40. The summed E-state index contributed by atoms with van der Waals surface area (Å²) < 4.78 is 24.3. The second-order valence-corrected chi connectivity index (χ2v) is 5.62. The summed E-state index contributed by atoms with van der Waals surface area (Å²) in [6.45, 7) is 5.97. The average molecular weight is 467 g/mol. The van der Waals surface area contributed by atoms with Gasteiger partial charge in [-0.2, -0.15) is 0 Å². The number of aliphatic imine (C=N–C) groups is 1. The second-order valence-electron chi connectivity index (χ2n) is 5.62. The van der Waals surface area contributed by atoms with Gasteiger partial charge in [0.15, 0.2) is 17.5 Å². The number of phenolic OH excluding ortho intramolecular Hbond substituents is 1. The number of hydrogen-bond acceptors (Lipinski definition) is 4. The first kappa shape index (κ1) is 21.9. The normalized spacial score (nSPS) is 17.2. The highest BCUT2D eigenvalue weighted by Crippen LogP contribution is 2.16. The molecule has 8 heteroatoms. The maximum Gasteiger partial charge on any atom is 0.191 e. The number of benzene rings is 1. The third-order valence-electron chi connectivity index (χ3n) is 3.63. The van der Waals surface area contributed by atoms with Gasteiger partial charge in [0.05, 0.1) is 19.3 Å². The Balaban J connectivity index is 0.00000312. The number of guanidine groups is 1. The van der Waals surface area contributed by atoms with Crippen molar-refractivity contribution in [1.82, 2.24) is 10.6 Å². The first-order chi connectivity index (χ1) is 11.7. The monoisotopic (exact) mass is 467 g/mol. The minimum Gasteiger partial charge on any atom is -0.505 e. The van der Waals surface area contributed by atoms with Crippen molar-refractivity contribution in [2.75, 3.05) is 32.9 Å². The first-order valence-corrected chi connectivity index (χ1v) is 8.38. The lowest BCUT2D eigenvalue weighted by atomic mass is 10.2. The van der Waals surface area contributed by atoms with Gasteiger partial charge in [-0.15, -0.1) is 24.0 Å². The fourth-order valence-electron chi connectivity index (χ4n) is 2.33. The zero-order valence-electron chi connectivity index (χ0n) is 14.5. The van der Waals surface area contributed by atoms with Gasteiger partial charge in [-0.3, -0.25) is 0 Å². The molecule has 1 fully saturated rings. The molecule has 0 amide bonds. The molecule has 1 aromatic rings. The number of aromatic hydroxyl groups is 1. The highest BCUT2D eigenvalue weighted by molar-refractivity contribution is 14.0. The molecule has 1 heterocycles. The quantitative estimate of drug-likeness (QED) is 0.237. The lowest BCUT2D eigenvalue weighted by Gasteiger charge is -2.13. The second kappa shape index (κ2) is 12.3. The summed E-state index contributed by atoms with van der Waals surface area (Å²) in [5.41, 5.74) is 0.701. The van der Waals surface area contributed by atoms with Crippen LogP contribution in [0.5, 0.6) is 5.75 Å². The van der Waals surface area contributed by atoms with Crippen LogP contribution in [-0.2, 0) is 16.0 Å². The standard InChI is InChI=1S/C17H26FN3O3.HI/c1-2-19-17(20-7-3-8-24-14-6-9-23-12-14)21-11-13-4-5-16(22)15(18)10-13;/h4-5,10,14,22H,2-3,6-9,11-12H2,1H3,(H2,19,20,21);1H. The molecule has 1 aliphatic heterocycles. The molecule has 0 spiro atoms. The maximum absolute atomic E-state index is 13.3. The Morgan fingerprint density at radius 3 is 2.96 bits per heavy atom. The highest BCUT2D eigenvalue weighted by atomic mass is 127. The van der Waals surface area contributed by atoms with Gasteiger partial charge in [0.2, 0.25) is 0 Å². The van der Waals surface area contributed by atoms with E-state index in [1.54, 1.807) is 6.07 Å². The Labute approximate surface area is 165 Å². The van der Waals surface area contributed by atoms with Crippen LogP contribution in [0.4, 0.5) is 4.39 Å². The molecule has 0 radical (unpaired) electrons. The molecule has 25 heavy (non-hydrogen) atoms. The number of rotatable bonds is 8. The van der Waals surface area contributed by atoms with Gasteiger partial charge in [-0.05, 0) is 37.5 Å². The minimum absolute atomic E-state index is 0. The van der Waals surface area contributed by atoms with E-state index in [0.29, 0.717) is 31.3 Å². The van der Waals surface area contributed by atoms with Gasteiger partial charge >= 0.3 is 0 Å². The molecular formula is C17H27FIN3O3. The Morgan fingerprint density at radius 1 is 1.44 bits per heavy atom.